The van der Waals surface area contributed by atoms with E-state index < -0.39 is 0 Å². The van der Waals surface area contributed by atoms with Crippen LogP contribution in [0.15, 0.2) is 66.7 Å². The number of nitrogens with zero attached hydrogens (tertiary/aromatic N) is 1. The summed E-state index contributed by atoms with van der Waals surface area (Å²) >= 11 is 0. The van der Waals surface area contributed by atoms with Gasteiger partial charge >= 0.3 is 0 Å². The van der Waals surface area contributed by atoms with Crippen LogP contribution in [-0.2, 0) is 4.74 Å². The average molecular weight is 588 g/mol. The highest BCUT2D eigenvalue weighted by Gasteiger charge is 2.20. The number of morpholine rings is 1. The lowest BCUT2D eigenvalue weighted by Crippen LogP contribution is -2.37. The monoisotopic (exact) mass is 587 g/mol. The van der Waals surface area contributed by atoms with E-state index >= 15 is 0 Å². The van der Waals surface area contributed by atoms with Crippen molar-refractivity contribution >= 4 is 18.2 Å². The lowest BCUT2D eigenvalue weighted by Gasteiger charge is -2.26. The molecular weight excluding hydrogens is 546 g/mol. The number of hydrogen-bond acceptors (Lipinski definition) is 8. The Labute approximate surface area is 249 Å². The second kappa shape index (κ2) is 18.8. The third kappa shape index (κ3) is 11.1. The second-order valence-corrected chi connectivity index (χ2v) is 9.25. The van der Waals surface area contributed by atoms with Crippen molar-refractivity contribution in [2.75, 3.05) is 60.3 Å². The quantitative estimate of drug-likeness (QED) is 0.192. The fraction of sp³-hybridized carbons (Fsp3) is 0.406. The Bertz CT molecular complexity index is 1150. The number of hydrogen-bond donors (Lipinski definition) is 1. The number of ketones is 1. The van der Waals surface area contributed by atoms with Gasteiger partial charge in [-0.3, -0.25) is 9.69 Å². The summed E-state index contributed by atoms with van der Waals surface area (Å²) in [5.41, 5.74) is 0.621. The summed E-state index contributed by atoms with van der Waals surface area (Å²) in [5.74, 6) is 2.09. The molecule has 0 aliphatic carbocycles. The van der Waals surface area contributed by atoms with E-state index in [4.69, 9.17) is 23.7 Å². The smallest absolute Gasteiger partial charge is 0.200 e. The van der Waals surface area contributed by atoms with Crippen LogP contribution in [0.2, 0.25) is 0 Å². The Balaban J connectivity index is 0.000000281. The Kier molecular flexibility index (Phi) is 15.5. The molecule has 0 atom stereocenters. The van der Waals surface area contributed by atoms with Gasteiger partial charge in [0.05, 0.1) is 40.6 Å². The number of benzene rings is 3. The maximum absolute atomic E-state index is 12.4. The highest BCUT2D eigenvalue weighted by Crippen LogP contribution is 2.34. The van der Waals surface area contributed by atoms with Crippen molar-refractivity contribution in [3.05, 3.63) is 77.9 Å². The third-order valence-electron chi connectivity index (χ3n) is 6.35. The average Bonchev–Trinajstić information content (AvgIpc) is 3.00. The molecule has 0 spiro atoms. The summed E-state index contributed by atoms with van der Waals surface area (Å²) in [5, 5.41) is 9.99. The van der Waals surface area contributed by atoms with E-state index in [0.717, 1.165) is 76.8 Å². The van der Waals surface area contributed by atoms with E-state index in [-0.39, 0.29) is 35.3 Å². The van der Waals surface area contributed by atoms with Gasteiger partial charge in [0.15, 0.2) is 0 Å². The van der Waals surface area contributed by atoms with E-state index in [0.29, 0.717) is 11.3 Å². The summed E-state index contributed by atoms with van der Waals surface area (Å²) < 4.78 is 26.9. The molecule has 1 aliphatic rings. The summed E-state index contributed by atoms with van der Waals surface area (Å²) in [6.45, 7) is 8.61. The number of carbonyl (C=O) groups is 1. The zero-order valence-corrected chi connectivity index (χ0v) is 25.0. The van der Waals surface area contributed by atoms with Gasteiger partial charge in [0, 0.05) is 37.3 Å². The van der Waals surface area contributed by atoms with Crippen LogP contribution in [0.5, 0.6) is 28.7 Å². The normalized spacial score (nSPS) is 12.8. The molecule has 8 nitrogen and oxygen atoms in total. The van der Waals surface area contributed by atoms with Crippen molar-refractivity contribution in [2.45, 2.75) is 26.2 Å². The number of halogens is 1. The first-order valence-corrected chi connectivity index (χ1v) is 13.8. The molecule has 0 saturated carbocycles. The van der Waals surface area contributed by atoms with Crippen LogP contribution < -0.4 is 18.9 Å². The van der Waals surface area contributed by atoms with E-state index in [1.807, 2.05) is 30.3 Å². The van der Waals surface area contributed by atoms with Gasteiger partial charge in [-0.15, -0.1) is 12.4 Å². The van der Waals surface area contributed by atoms with Crippen molar-refractivity contribution in [2.24, 2.45) is 0 Å². The molecule has 224 valence electrons. The molecule has 1 fully saturated rings. The van der Waals surface area contributed by atoms with Crippen LogP contribution in [0.1, 0.15) is 42.1 Å². The van der Waals surface area contributed by atoms with Crippen molar-refractivity contribution in [1.82, 2.24) is 4.90 Å². The molecule has 1 aliphatic heterocycles. The number of methoxy groups -OCH3 is 2. The van der Waals surface area contributed by atoms with Crippen LogP contribution in [0.25, 0.3) is 0 Å². The molecular formula is C32H42ClNO7. The zero-order chi connectivity index (χ0) is 28.6. The molecule has 0 unspecified atom stereocenters. The molecule has 0 bridgehead atoms. The van der Waals surface area contributed by atoms with Crippen molar-refractivity contribution < 1.29 is 33.6 Å². The predicted octanol–water partition coefficient (Wildman–Crippen LogP) is 6.03. The van der Waals surface area contributed by atoms with Crippen LogP contribution >= 0.6 is 12.4 Å². The Morgan fingerprint density at radius 3 is 2.02 bits per heavy atom. The molecule has 1 N–H and O–H groups in total. The fourth-order valence-corrected chi connectivity index (χ4v) is 4.09. The maximum Gasteiger partial charge on any atom is 0.200 e. The van der Waals surface area contributed by atoms with Crippen LogP contribution in [0, 0.1) is 0 Å². The Morgan fingerprint density at radius 1 is 0.854 bits per heavy atom. The molecule has 0 aromatic heterocycles. The minimum atomic E-state index is -0.294. The summed E-state index contributed by atoms with van der Waals surface area (Å²) in [6.07, 6.45) is 3.30. The van der Waals surface area contributed by atoms with E-state index in [1.54, 1.807) is 30.3 Å². The topological polar surface area (TPSA) is 86.7 Å². The number of phenols is 1. The lowest BCUT2D eigenvalue weighted by molar-refractivity contribution is 0.0358. The summed E-state index contributed by atoms with van der Waals surface area (Å²) in [7, 11) is 2.92. The molecule has 4 rings (SSSR count). The molecule has 0 amide bonds. The number of phenolic OH excluding ortho intramolecular Hbond substituents is 1. The predicted molar refractivity (Wildman–Crippen MR) is 163 cm³/mol. The Hall–Kier alpha value is -3.46. The number of aromatic hydroxyl groups is 1. The van der Waals surface area contributed by atoms with E-state index in [9.17, 15) is 9.90 Å². The van der Waals surface area contributed by atoms with Crippen LogP contribution in [0.4, 0.5) is 0 Å². The molecule has 1 heterocycles. The molecule has 1 saturated heterocycles. The Morgan fingerprint density at radius 2 is 1.46 bits per heavy atom. The SMILES string of the molecule is CCCCOc1ccc(OCCCN2CCOCC2)cc1.COc1cc(O)c(C(=O)c2ccccc2)c(OC)c1.Cl. The van der Waals surface area contributed by atoms with Gasteiger partial charge in [-0.1, -0.05) is 43.7 Å². The standard InChI is InChI=1S/C17H27NO3.C15H14O4.ClH/c1-2-3-12-20-16-5-7-17(8-6-16)21-13-4-9-18-10-14-19-15-11-18;1-18-11-8-12(16)14(13(9-11)19-2)15(17)10-6-4-3-5-7-10;/h5-8H,2-4,9-15H2,1H3;3-9,16H,1-2H3;1H. The minimum Gasteiger partial charge on any atom is -0.507 e. The first-order valence-electron chi connectivity index (χ1n) is 13.8. The van der Waals surface area contributed by atoms with Crippen LogP contribution in [0.3, 0.4) is 0 Å². The van der Waals surface area contributed by atoms with Gasteiger partial charge in [0.2, 0.25) is 5.78 Å². The highest BCUT2D eigenvalue weighted by atomic mass is 35.5. The van der Waals surface area contributed by atoms with Gasteiger partial charge in [-0.2, -0.15) is 0 Å². The van der Waals surface area contributed by atoms with Crippen LogP contribution in [-0.4, -0.2) is 76.1 Å². The van der Waals surface area contributed by atoms with Gasteiger partial charge in [0.1, 0.15) is 34.3 Å². The van der Waals surface area contributed by atoms with Crippen molar-refractivity contribution in [1.29, 1.82) is 0 Å². The molecule has 3 aromatic carbocycles. The van der Waals surface area contributed by atoms with E-state index in [1.165, 1.54) is 20.3 Å². The molecule has 41 heavy (non-hydrogen) atoms. The van der Waals surface area contributed by atoms with Gasteiger partial charge in [-0.05, 0) is 37.1 Å². The second-order valence-electron chi connectivity index (χ2n) is 9.25. The molecule has 9 heteroatoms. The minimum absolute atomic E-state index is 0. The van der Waals surface area contributed by atoms with Gasteiger partial charge in [0.25, 0.3) is 0 Å². The first kappa shape index (κ1) is 33.7. The maximum atomic E-state index is 12.4. The third-order valence-corrected chi connectivity index (χ3v) is 6.35. The summed E-state index contributed by atoms with van der Waals surface area (Å²) in [6, 6.07) is 19.6. The number of unbranched alkanes of at least 4 members (excludes halogenated alkanes) is 1. The zero-order valence-electron chi connectivity index (χ0n) is 24.2. The van der Waals surface area contributed by atoms with Gasteiger partial charge < -0.3 is 28.8 Å². The number of carbonyl (C=O) groups excluding carboxylic acids is 1. The molecule has 0 radical (unpaired) electrons. The van der Waals surface area contributed by atoms with Gasteiger partial charge in [-0.25, -0.2) is 0 Å². The summed E-state index contributed by atoms with van der Waals surface area (Å²) in [4.78, 5) is 14.8. The number of rotatable bonds is 13. The molecule has 3 aromatic rings. The number of ether oxygens (including phenoxy) is 5. The van der Waals surface area contributed by atoms with Crippen molar-refractivity contribution in [3.63, 3.8) is 0 Å². The van der Waals surface area contributed by atoms with Crippen molar-refractivity contribution in [3.8, 4) is 28.7 Å². The highest BCUT2D eigenvalue weighted by molar-refractivity contribution is 6.12. The first-order chi connectivity index (χ1) is 19.5. The largest absolute Gasteiger partial charge is 0.507 e. The lowest BCUT2D eigenvalue weighted by atomic mass is 10.0. The van der Waals surface area contributed by atoms with E-state index in [2.05, 4.69) is 11.8 Å². The fourth-order valence-electron chi connectivity index (χ4n) is 4.09.